The van der Waals surface area contributed by atoms with Crippen molar-refractivity contribution in [2.45, 2.75) is 26.4 Å². The number of nitrogens with two attached hydrogens (primary N) is 1. The first-order valence-electron chi connectivity index (χ1n) is 6.30. The molecule has 3 N–H and O–H groups in total. The summed E-state index contributed by atoms with van der Waals surface area (Å²) in [4.78, 5) is 11.1. The molecule has 0 radical (unpaired) electrons. The van der Waals surface area contributed by atoms with Crippen molar-refractivity contribution in [2.24, 2.45) is 5.73 Å². The van der Waals surface area contributed by atoms with Crippen molar-refractivity contribution in [3.05, 3.63) is 35.2 Å². The Balaban J connectivity index is 2.18. The van der Waals surface area contributed by atoms with E-state index in [2.05, 4.69) is 20.8 Å². The third-order valence-corrected chi connectivity index (χ3v) is 2.80. The van der Waals surface area contributed by atoms with Crippen molar-refractivity contribution in [1.82, 2.24) is 20.2 Å². The van der Waals surface area contributed by atoms with Crippen molar-refractivity contribution in [3.8, 4) is 0 Å². The molecule has 0 atom stereocenters. The monoisotopic (exact) mass is 296 g/mol. The van der Waals surface area contributed by atoms with Gasteiger partial charge in [0.15, 0.2) is 5.82 Å². The zero-order valence-electron chi connectivity index (χ0n) is 11.3. The van der Waals surface area contributed by atoms with E-state index in [1.54, 1.807) is 4.68 Å². The smallest absolute Gasteiger partial charge is 0.251 e. The summed E-state index contributed by atoms with van der Waals surface area (Å²) in [6.45, 7) is 2.73. The van der Waals surface area contributed by atoms with E-state index in [1.807, 2.05) is 6.92 Å². The molecule has 0 saturated carbocycles. The number of amides is 1. The molecule has 2 rings (SSSR count). The van der Waals surface area contributed by atoms with Crippen LogP contribution >= 0.6 is 0 Å². The van der Waals surface area contributed by atoms with Gasteiger partial charge in [0.05, 0.1) is 17.8 Å². The number of nitrogens with zero attached hydrogens (tertiary/aromatic N) is 4. The number of primary amides is 1. The largest absolute Gasteiger partial charge is 0.375 e. The maximum atomic E-state index is 13.7. The number of benzene rings is 1. The number of carbonyl (C=O) groups is 1. The average molecular weight is 296 g/mol. The van der Waals surface area contributed by atoms with E-state index in [4.69, 9.17) is 5.73 Å². The number of anilines is 1. The minimum atomic E-state index is -0.999. The van der Waals surface area contributed by atoms with E-state index in [1.165, 1.54) is 0 Å². The van der Waals surface area contributed by atoms with Gasteiger partial charge in [-0.15, -0.1) is 5.10 Å². The summed E-state index contributed by atoms with van der Waals surface area (Å²) in [7, 11) is 0. The van der Waals surface area contributed by atoms with Gasteiger partial charge in [-0.05, 0) is 22.9 Å². The second kappa shape index (κ2) is 6.25. The van der Waals surface area contributed by atoms with Crippen LogP contribution in [0, 0.1) is 11.6 Å². The maximum Gasteiger partial charge on any atom is 0.251 e. The van der Waals surface area contributed by atoms with Crippen molar-refractivity contribution in [1.29, 1.82) is 0 Å². The number of aryl methyl sites for hydroxylation is 1. The molecule has 0 unspecified atom stereocenters. The Bertz CT molecular complexity index is 657. The fraction of sp³-hybridized carbons (Fsp3) is 0.333. The molecule has 0 bridgehead atoms. The number of aromatic nitrogens is 4. The Morgan fingerprint density at radius 1 is 1.38 bits per heavy atom. The SMILES string of the molecule is CCCn1nnnc1CNc1cc(C(N)=O)c(F)cc1F. The number of hydrogen-bond donors (Lipinski definition) is 2. The number of rotatable bonds is 6. The lowest BCUT2D eigenvalue weighted by Crippen LogP contribution is -2.15. The molecule has 1 heterocycles. The molecule has 0 aliphatic rings. The number of halogens is 2. The van der Waals surface area contributed by atoms with Crippen molar-refractivity contribution in [3.63, 3.8) is 0 Å². The summed E-state index contributed by atoms with van der Waals surface area (Å²) >= 11 is 0. The first-order chi connectivity index (χ1) is 10.0. The van der Waals surface area contributed by atoms with Crippen LogP contribution < -0.4 is 11.1 Å². The molecule has 2 aromatic rings. The Morgan fingerprint density at radius 2 is 2.14 bits per heavy atom. The van der Waals surface area contributed by atoms with Crippen LogP contribution in [0.25, 0.3) is 0 Å². The van der Waals surface area contributed by atoms with Gasteiger partial charge in [-0.2, -0.15) is 0 Å². The van der Waals surface area contributed by atoms with Crippen LogP contribution in [0.4, 0.5) is 14.5 Å². The summed E-state index contributed by atoms with van der Waals surface area (Å²) in [5.41, 5.74) is 4.59. The molecule has 0 fully saturated rings. The number of tetrazole rings is 1. The fourth-order valence-electron chi connectivity index (χ4n) is 1.78. The minimum absolute atomic E-state index is 0.0451. The fourth-order valence-corrected chi connectivity index (χ4v) is 1.78. The van der Waals surface area contributed by atoms with Gasteiger partial charge in [0.1, 0.15) is 11.6 Å². The van der Waals surface area contributed by atoms with Crippen LogP contribution in [-0.4, -0.2) is 26.1 Å². The molecule has 0 aliphatic carbocycles. The molecular weight excluding hydrogens is 282 g/mol. The van der Waals surface area contributed by atoms with E-state index < -0.39 is 17.5 Å². The highest BCUT2D eigenvalue weighted by Crippen LogP contribution is 2.19. The minimum Gasteiger partial charge on any atom is -0.375 e. The van der Waals surface area contributed by atoms with Crippen LogP contribution in [-0.2, 0) is 13.1 Å². The molecular formula is C12H14F2N6O. The first kappa shape index (κ1) is 14.8. The molecule has 1 amide bonds. The predicted octanol–water partition coefficient (Wildman–Crippen LogP) is 1.07. The van der Waals surface area contributed by atoms with Gasteiger partial charge in [0.2, 0.25) is 0 Å². The Morgan fingerprint density at radius 3 is 2.81 bits per heavy atom. The van der Waals surface area contributed by atoms with Gasteiger partial charge in [0, 0.05) is 12.6 Å². The van der Waals surface area contributed by atoms with Crippen molar-refractivity contribution < 1.29 is 13.6 Å². The molecule has 0 saturated heterocycles. The normalized spacial score (nSPS) is 10.6. The molecule has 1 aromatic carbocycles. The lowest BCUT2D eigenvalue weighted by Gasteiger charge is -2.09. The van der Waals surface area contributed by atoms with Gasteiger partial charge in [-0.1, -0.05) is 6.92 Å². The van der Waals surface area contributed by atoms with Gasteiger partial charge in [-0.3, -0.25) is 4.79 Å². The van der Waals surface area contributed by atoms with Crippen LogP contribution in [0.5, 0.6) is 0 Å². The Labute approximate surface area is 119 Å². The quantitative estimate of drug-likeness (QED) is 0.831. The zero-order chi connectivity index (χ0) is 15.4. The van der Waals surface area contributed by atoms with Crippen LogP contribution in [0.2, 0.25) is 0 Å². The van der Waals surface area contributed by atoms with Crippen molar-refractivity contribution >= 4 is 11.6 Å². The van der Waals surface area contributed by atoms with E-state index in [-0.39, 0.29) is 17.8 Å². The summed E-state index contributed by atoms with van der Waals surface area (Å²) in [5, 5.41) is 13.8. The molecule has 21 heavy (non-hydrogen) atoms. The lowest BCUT2D eigenvalue weighted by atomic mass is 10.1. The molecule has 0 aliphatic heterocycles. The van der Waals surface area contributed by atoms with Crippen LogP contribution in [0.15, 0.2) is 12.1 Å². The van der Waals surface area contributed by atoms with E-state index in [0.29, 0.717) is 18.4 Å². The summed E-state index contributed by atoms with van der Waals surface area (Å²) in [6, 6.07) is 1.64. The Hall–Kier alpha value is -2.58. The third-order valence-electron chi connectivity index (χ3n) is 2.80. The summed E-state index contributed by atoms with van der Waals surface area (Å²) in [6.07, 6.45) is 0.842. The first-order valence-corrected chi connectivity index (χ1v) is 6.30. The number of carbonyl (C=O) groups excluding carboxylic acids is 1. The summed E-state index contributed by atoms with van der Waals surface area (Å²) in [5.74, 6) is -2.29. The maximum absolute atomic E-state index is 13.7. The molecule has 112 valence electrons. The van der Waals surface area contributed by atoms with Gasteiger partial charge < -0.3 is 11.1 Å². The van der Waals surface area contributed by atoms with Crippen LogP contribution in [0.3, 0.4) is 0 Å². The lowest BCUT2D eigenvalue weighted by molar-refractivity contribution is 0.0996. The molecule has 9 heteroatoms. The van der Waals surface area contributed by atoms with Gasteiger partial charge >= 0.3 is 0 Å². The second-order valence-corrected chi connectivity index (χ2v) is 4.35. The topological polar surface area (TPSA) is 98.7 Å². The molecule has 0 spiro atoms. The van der Waals surface area contributed by atoms with E-state index >= 15 is 0 Å². The summed E-state index contributed by atoms with van der Waals surface area (Å²) < 4.78 is 28.6. The highest BCUT2D eigenvalue weighted by atomic mass is 19.1. The van der Waals surface area contributed by atoms with E-state index in [9.17, 15) is 13.6 Å². The standard InChI is InChI=1S/C12H14F2N6O/c1-2-3-20-11(17-18-19-20)6-16-10-4-7(12(15)21)8(13)5-9(10)14/h4-5,16H,2-3,6H2,1H3,(H2,15,21). The average Bonchev–Trinajstić information content (AvgIpc) is 2.85. The van der Waals surface area contributed by atoms with E-state index in [0.717, 1.165) is 12.5 Å². The highest BCUT2D eigenvalue weighted by molar-refractivity contribution is 5.94. The van der Waals surface area contributed by atoms with Crippen molar-refractivity contribution in [2.75, 3.05) is 5.32 Å². The molecule has 1 aromatic heterocycles. The predicted molar refractivity (Wildman–Crippen MR) is 70.3 cm³/mol. The second-order valence-electron chi connectivity index (χ2n) is 4.35. The highest BCUT2D eigenvalue weighted by Gasteiger charge is 2.14. The number of hydrogen-bond acceptors (Lipinski definition) is 5. The van der Waals surface area contributed by atoms with Gasteiger partial charge in [0.25, 0.3) is 5.91 Å². The third kappa shape index (κ3) is 3.30. The van der Waals surface area contributed by atoms with Crippen LogP contribution in [0.1, 0.15) is 29.5 Å². The number of nitrogens with one attached hydrogen (secondary N) is 1. The van der Waals surface area contributed by atoms with Gasteiger partial charge in [-0.25, -0.2) is 13.5 Å². The Kier molecular flexibility index (Phi) is 4.41. The zero-order valence-corrected chi connectivity index (χ0v) is 11.3. The molecule has 7 nitrogen and oxygen atoms in total.